The van der Waals surface area contributed by atoms with Crippen molar-refractivity contribution >= 4 is 16.8 Å². The first-order chi connectivity index (χ1) is 8.74. The maximum absolute atomic E-state index is 12.1. The molecule has 0 bridgehead atoms. The van der Waals surface area contributed by atoms with Crippen LogP contribution in [0.25, 0.3) is 11.0 Å². The molecule has 0 radical (unpaired) electrons. The molecule has 0 fully saturated rings. The van der Waals surface area contributed by atoms with E-state index < -0.39 is 0 Å². The van der Waals surface area contributed by atoms with E-state index in [1.165, 1.54) is 0 Å². The molecule has 3 rings (SSSR count). The molecule has 0 aliphatic rings. The molecule has 18 heavy (non-hydrogen) atoms. The molecule has 0 aliphatic carbocycles. The smallest absolute Gasteiger partial charge is 0.246 e. The summed E-state index contributed by atoms with van der Waals surface area (Å²) in [7, 11) is 0. The fraction of sp³-hybridized carbons (Fsp3) is 0.0667. The highest BCUT2D eigenvalue weighted by Crippen LogP contribution is 2.22. The second-order valence-electron chi connectivity index (χ2n) is 4.20. The summed E-state index contributed by atoms with van der Waals surface area (Å²) in [5, 5.41) is 0.939. The summed E-state index contributed by atoms with van der Waals surface area (Å²) < 4.78 is 5.55. The number of ketones is 1. The van der Waals surface area contributed by atoms with Crippen molar-refractivity contribution in [2.24, 2.45) is 0 Å². The zero-order valence-electron chi connectivity index (χ0n) is 9.88. The van der Waals surface area contributed by atoms with Crippen molar-refractivity contribution in [2.45, 2.75) is 6.92 Å². The Kier molecular flexibility index (Phi) is 2.45. The van der Waals surface area contributed by atoms with Crippen molar-refractivity contribution in [3.05, 3.63) is 65.7 Å². The Bertz CT molecular complexity index is 714. The highest BCUT2D eigenvalue weighted by atomic mass is 16.3. The van der Waals surface area contributed by atoms with E-state index in [9.17, 15) is 4.79 Å². The molecule has 0 saturated heterocycles. The predicted molar refractivity (Wildman–Crippen MR) is 68.6 cm³/mol. The third kappa shape index (κ3) is 1.80. The first kappa shape index (κ1) is 10.7. The Labute approximate surface area is 104 Å². The van der Waals surface area contributed by atoms with Crippen LogP contribution in [-0.2, 0) is 0 Å². The molecule has 3 heteroatoms. The highest BCUT2D eigenvalue weighted by molar-refractivity contribution is 6.07. The third-order valence-electron chi connectivity index (χ3n) is 2.79. The molecular weight excluding hydrogens is 226 g/mol. The molecule has 0 saturated carbocycles. The van der Waals surface area contributed by atoms with Crippen LogP contribution in [0.15, 0.2) is 53.1 Å². The minimum absolute atomic E-state index is 0.190. The fourth-order valence-corrected chi connectivity index (χ4v) is 1.90. The normalized spacial score (nSPS) is 10.7. The van der Waals surface area contributed by atoms with E-state index in [0.717, 1.165) is 16.5 Å². The number of fused-ring (bicyclic) bond motifs is 1. The number of furan rings is 1. The lowest BCUT2D eigenvalue weighted by molar-refractivity contribution is 0.101. The number of rotatable bonds is 2. The summed E-state index contributed by atoms with van der Waals surface area (Å²) in [6.45, 7) is 2.01. The van der Waals surface area contributed by atoms with Crippen LogP contribution in [0, 0.1) is 6.92 Å². The SMILES string of the molecule is Cc1ccc2oc(C(=O)c3ccccn3)cc2c1. The lowest BCUT2D eigenvalue weighted by atomic mass is 10.1. The number of carbonyl (C=O) groups is 1. The van der Waals surface area contributed by atoms with Crippen LogP contribution < -0.4 is 0 Å². The highest BCUT2D eigenvalue weighted by Gasteiger charge is 2.15. The minimum Gasteiger partial charge on any atom is -0.453 e. The number of hydrogen-bond acceptors (Lipinski definition) is 3. The van der Waals surface area contributed by atoms with Crippen molar-refractivity contribution in [3.63, 3.8) is 0 Å². The lowest BCUT2D eigenvalue weighted by Gasteiger charge is -1.94. The topological polar surface area (TPSA) is 43.1 Å². The van der Waals surface area contributed by atoms with Gasteiger partial charge in [-0.25, -0.2) is 0 Å². The van der Waals surface area contributed by atoms with Gasteiger partial charge in [-0.3, -0.25) is 9.78 Å². The molecule has 0 N–H and O–H groups in total. The quantitative estimate of drug-likeness (QED) is 0.642. The van der Waals surface area contributed by atoms with Crippen LogP contribution in [0.2, 0.25) is 0 Å². The van der Waals surface area contributed by atoms with Crippen LogP contribution in [-0.4, -0.2) is 10.8 Å². The molecule has 3 aromatic rings. The Balaban J connectivity index is 2.07. The lowest BCUT2D eigenvalue weighted by Crippen LogP contribution is -2.01. The van der Waals surface area contributed by atoms with Gasteiger partial charge in [0.15, 0.2) is 5.76 Å². The molecule has 2 heterocycles. The van der Waals surface area contributed by atoms with Gasteiger partial charge in [0.2, 0.25) is 5.78 Å². The summed E-state index contributed by atoms with van der Waals surface area (Å²) in [5.74, 6) is 0.138. The van der Waals surface area contributed by atoms with E-state index in [4.69, 9.17) is 4.42 Å². The zero-order valence-corrected chi connectivity index (χ0v) is 9.88. The second-order valence-corrected chi connectivity index (χ2v) is 4.20. The molecule has 0 unspecified atom stereocenters. The Morgan fingerprint density at radius 1 is 1.17 bits per heavy atom. The van der Waals surface area contributed by atoms with E-state index in [-0.39, 0.29) is 5.78 Å². The molecule has 1 aromatic carbocycles. The number of aromatic nitrogens is 1. The van der Waals surface area contributed by atoms with Crippen LogP contribution >= 0.6 is 0 Å². The minimum atomic E-state index is -0.190. The average Bonchev–Trinajstić information content (AvgIpc) is 2.81. The molecule has 88 valence electrons. The third-order valence-corrected chi connectivity index (χ3v) is 2.79. The van der Waals surface area contributed by atoms with Gasteiger partial charge < -0.3 is 4.42 Å². The van der Waals surface area contributed by atoms with Crippen LogP contribution in [0.5, 0.6) is 0 Å². The Hall–Kier alpha value is -2.42. The largest absolute Gasteiger partial charge is 0.453 e. The first-order valence-corrected chi connectivity index (χ1v) is 5.70. The maximum Gasteiger partial charge on any atom is 0.246 e. The van der Waals surface area contributed by atoms with Gasteiger partial charge in [0.25, 0.3) is 0 Å². The fourth-order valence-electron chi connectivity index (χ4n) is 1.90. The van der Waals surface area contributed by atoms with E-state index >= 15 is 0 Å². The van der Waals surface area contributed by atoms with E-state index in [0.29, 0.717) is 11.5 Å². The number of benzene rings is 1. The summed E-state index contributed by atoms with van der Waals surface area (Å²) in [4.78, 5) is 16.2. The molecule has 0 amide bonds. The Morgan fingerprint density at radius 3 is 2.83 bits per heavy atom. The van der Waals surface area contributed by atoms with Crippen molar-refractivity contribution in [2.75, 3.05) is 0 Å². The zero-order chi connectivity index (χ0) is 12.5. The molecule has 3 nitrogen and oxygen atoms in total. The van der Waals surface area contributed by atoms with E-state index in [1.807, 2.05) is 25.1 Å². The van der Waals surface area contributed by atoms with Gasteiger partial charge in [0, 0.05) is 11.6 Å². The average molecular weight is 237 g/mol. The number of nitrogens with zero attached hydrogens (tertiary/aromatic N) is 1. The number of hydrogen-bond donors (Lipinski definition) is 0. The standard InChI is InChI=1S/C15H11NO2/c1-10-5-6-13-11(8-10)9-14(18-13)15(17)12-4-2-3-7-16-12/h2-9H,1H3. The number of aryl methyl sites for hydroxylation is 1. The maximum atomic E-state index is 12.1. The van der Waals surface area contributed by atoms with E-state index in [1.54, 1.807) is 30.5 Å². The van der Waals surface area contributed by atoms with Crippen molar-refractivity contribution in [3.8, 4) is 0 Å². The molecule has 0 aliphatic heterocycles. The predicted octanol–water partition coefficient (Wildman–Crippen LogP) is 3.37. The van der Waals surface area contributed by atoms with Gasteiger partial charge in [-0.1, -0.05) is 17.7 Å². The van der Waals surface area contributed by atoms with Crippen LogP contribution in [0.4, 0.5) is 0 Å². The van der Waals surface area contributed by atoms with Gasteiger partial charge >= 0.3 is 0 Å². The molecular formula is C15H11NO2. The van der Waals surface area contributed by atoms with Gasteiger partial charge in [-0.15, -0.1) is 0 Å². The molecule has 2 aromatic heterocycles. The van der Waals surface area contributed by atoms with Crippen LogP contribution in [0.3, 0.4) is 0 Å². The molecule has 0 spiro atoms. The van der Waals surface area contributed by atoms with Crippen molar-refractivity contribution < 1.29 is 9.21 Å². The number of carbonyl (C=O) groups excluding carboxylic acids is 1. The van der Waals surface area contributed by atoms with E-state index in [2.05, 4.69) is 4.98 Å². The summed E-state index contributed by atoms with van der Waals surface area (Å²) in [6.07, 6.45) is 1.60. The first-order valence-electron chi connectivity index (χ1n) is 5.70. The van der Waals surface area contributed by atoms with Crippen LogP contribution in [0.1, 0.15) is 21.8 Å². The van der Waals surface area contributed by atoms with Gasteiger partial charge in [0.05, 0.1) is 0 Å². The van der Waals surface area contributed by atoms with Gasteiger partial charge in [-0.2, -0.15) is 0 Å². The van der Waals surface area contributed by atoms with Crippen molar-refractivity contribution in [1.82, 2.24) is 4.98 Å². The summed E-state index contributed by atoms with van der Waals surface area (Å²) in [6, 6.07) is 12.8. The van der Waals surface area contributed by atoms with Gasteiger partial charge in [0.1, 0.15) is 11.3 Å². The monoisotopic (exact) mass is 237 g/mol. The summed E-state index contributed by atoms with van der Waals surface area (Å²) >= 11 is 0. The Morgan fingerprint density at radius 2 is 2.06 bits per heavy atom. The summed E-state index contributed by atoms with van der Waals surface area (Å²) in [5.41, 5.74) is 2.26. The number of pyridine rings is 1. The van der Waals surface area contributed by atoms with Gasteiger partial charge in [-0.05, 0) is 37.3 Å². The second kappa shape index (κ2) is 4.11. The van der Waals surface area contributed by atoms with Crippen molar-refractivity contribution in [1.29, 1.82) is 0 Å². The molecule has 0 atom stereocenters.